The summed E-state index contributed by atoms with van der Waals surface area (Å²) in [6, 6.07) is 6.37. The molecule has 0 aromatic carbocycles. The summed E-state index contributed by atoms with van der Waals surface area (Å²) in [5.74, 6) is 0. The van der Waals surface area contributed by atoms with Crippen LogP contribution in [-0.4, -0.2) is 29.5 Å². The lowest BCUT2D eigenvalue weighted by Crippen LogP contribution is -2.25. The van der Waals surface area contributed by atoms with Crippen LogP contribution in [0.5, 0.6) is 0 Å². The molecule has 0 atom stereocenters. The summed E-state index contributed by atoms with van der Waals surface area (Å²) < 4.78 is 0. The van der Waals surface area contributed by atoms with Crippen LogP contribution < -0.4 is 5.32 Å². The average molecular weight is 263 g/mol. The Morgan fingerprint density at radius 3 is 2.32 bits per heavy atom. The van der Waals surface area contributed by atoms with Crippen molar-refractivity contribution in [3.63, 3.8) is 0 Å². The van der Waals surface area contributed by atoms with Gasteiger partial charge in [-0.3, -0.25) is 9.88 Å². The maximum Gasteiger partial charge on any atom is 0.0547 e. The Morgan fingerprint density at radius 1 is 1.00 bits per heavy atom. The van der Waals surface area contributed by atoms with E-state index in [0.717, 1.165) is 38.4 Å². The standard InChI is InChI=1S/C16H29N3/c1-4-10-17-13-15-8-7-9-16(18-15)14-19(11-5-2)12-6-3/h7-9,17H,4-6,10-14H2,1-3H3. The zero-order valence-electron chi connectivity index (χ0n) is 12.8. The van der Waals surface area contributed by atoms with Crippen LogP contribution in [0.4, 0.5) is 0 Å². The first-order valence-corrected chi connectivity index (χ1v) is 7.68. The molecule has 1 rings (SSSR count). The molecule has 0 fully saturated rings. The second kappa shape index (κ2) is 9.93. The van der Waals surface area contributed by atoms with E-state index in [4.69, 9.17) is 4.98 Å². The zero-order valence-corrected chi connectivity index (χ0v) is 12.8. The quantitative estimate of drug-likeness (QED) is 0.657. The summed E-state index contributed by atoms with van der Waals surface area (Å²) in [5, 5.41) is 3.41. The lowest BCUT2D eigenvalue weighted by atomic mass is 10.2. The second-order valence-electron chi connectivity index (χ2n) is 5.07. The van der Waals surface area contributed by atoms with E-state index in [2.05, 4.69) is 49.2 Å². The molecule has 0 aliphatic rings. The Morgan fingerprint density at radius 2 is 1.68 bits per heavy atom. The molecule has 0 aliphatic carbocycles. The summed E-state index contributed by atoms with van der Waals surface area (Å²) in [4.78, 5) is 7.24. The number of aromatic nitrogens is 1. The summed E-state index contributed by atoms with van der Waals surface area (Å²) in [7, 11) is 0. The van der Waals surface area contributed by atoms with Crippen LogP contribution in [0, 0.1) is 0 Å². The maximum atomic E-state index is 4.74. The first-order chi connectivity index (χ1) is 9.30. The SMILES string of the molecule is CCCNCc1cccc(CN(CCC)CCC)n1. The molecule has 108 valence electrons. The number of hydrogen-bond donors (Lipinski definition) is 1. The third-order valence-electron chi connectivity index (χ3n) is 3.06. The Hall–Kier alpha value is -0.930. The third kappa shape index (κ3) is 6.69. The lowest BCUT2D eigenvalue weighted by molar-refractivity contribution is 0.263. The molecule has 1 N–H and O–H groups in total. The molecule has 0 radical (unpaired) electrons. The van der Waals surface area contributed by atoms with Gasteiger partial charge >= 0.3 is 0 Å². The molecule has 0 amide bonds. The van der Waals surface area contributed by atoms with Crippen LogP contribution in [0.25, 0.3) is 0 Å². The number of pyridine rings is 1. The molecule has 0 spiro atoms. The highest BCUT2D eigenvalue weighted by molar-refractivity contribution is 5.11. The Labute approximate surface area is 118 Å². The van der Waals surface area contributed by atoms with Crippen molar-refractivity contribution >= 4 is 0 Å². The van der Waals surface area contributed by atoms with Crippen LogP contribution in [0.1, 0.15) is 51.4 Å². The van der Waals surface area contributed by atoms with Crippen molar-refractivity contribution in [2.24, 2.45) is 0 Å². The van der Waals surface area contributed by atoms with E-state index >= 15 is 0 Å². The number of nitrogens with zero attached hydrogens (tertiary/aromatic N) is 2. The summed E-state index contributed by atoms with van der Waals surface area (Å²) in [6.07, 6.45) is 3.58. The fourth-order valence-corrected chi connectivity index (χ4v) is 2.24. The van der Waals surface area contributed by atoms with E-state index in [1.807, 2.05) is 0 Å². The van der Waals surface area contributed by atoms with Crippen molar-refractivity contribution in [1.82, 2.24) is 15.2 Å². The number of hydrogen-bond acceptors (Lipinski definition) is 3. The summed E-state index contributed by atoms with van der Waals surface area (Å²) in [6.45, 7) is 11.9. The molecule has 0 aliphatic heterocycles. The van der Waals surface area contributed by atoms with Crippen molar-refractivity contribution in [2.45, 2.75) is 53.1 Å². The fraction of sp³-hybridized carbons (Fsp3) is 0.688. The van der Waals surface area contributed by atoms with Gasteiger partial charge in [0.1, 0.15) is 0 Å². The second-order valence-corrected chi connectivity index (χ2v) is 5.07. The van der Waals surface area contributed by atoms with Gasteiger partial charge in [0.05, 0.1) is 11.4 Å². The van der Waals surface area contributed by atoms with Crippen LogP contribution in [-0.2, 0) is 13.1 Å². The minimum atomic E-state index is 0.878. The van der Waals surface area contributed by atoms with Gasteiger partial charge in [-0.25, -0.2) is 0 Å². The molecule has 3 heteroatoms. The van der Waals surface area contributed by atoms with E-state index in [0.29, 0.717) is 0 Å². The van der Waals surface area contributed by atoms with Gasteiger partial charge in [0, 0.05) is 13.1 Å². The maximum absolute atomic E-state index is 4.74. The van der Waals surface area contributed by atoms with Gasteiger partial charge < -0.3 is 5.32 Å². The van der Waals surface area contributed by atoms with E-state index in [-0.39, 0.29) is 0 Å². The van der Waals surface area contributed by atoms with Crippen molar-refractivity contribution < 1.29 is 0 Å². The van der Waals surface area contributed by atoms with E-state index in [9.17, 15) is 0 Å². The fourth-order valence-electron chi connectivity index (χ4n) is 2.24. The normalized spacial score (nSPS) is 11.2. The zero-order chi connectivity index (χ0) is 13.9. The topological polar surface area (TPSA) is 28.2 Å². The van der Waals surface area contributed by atoms with Crippen molar-refractivity contribution in [1.29, 1.82) is 0 Å². The van der Waals surface area contributed by atoms with Crippen LogP contribution in [0.3, 0.4) is 0 Å². The van der Waals surface area contributed by atoms with Crippen molar-refractivity contribution in [2.75, 3.05) is 19.6 Å². The van der Waals surface area contributed by atoms with Gasteiger partial charge in [0.25, 0.3) is 0 Å². The number of rotatable bonds is 10. The van der Waals surface area contributed by atoms with E-state index in [1.54, 1.807) is 0 Å². The van der Waals surface area contributed by atoms with E-state index < -0.39 is 0 Å². The van der Waals surface area contributed by atoms with Gasteiger partial charge in [-0.05, 0) is 51.0 Å². The minimum absolute atomic E-state index is 0.878. The molecule has 3 nitrogen and oxygen atoms in total. The molecule has 19 heavy (non-hydrogen) atoms. The largest absolute Gasteiger partial charge is 0.311 e. The molecule has 0 saturated carbocycles. The van der Waals surface area contributed by atoms with Gasteiger partial charge in [-0.1, -0.05) is 26.8 Å². The van der Waals surface area contributed by atoms with Gasteiger partial charge in [-0.2, -0.15) is 0 Å². The Kier molecular flexibility index (Phi) is 8.43. The lowest BCUT2D eigenvalue weighted by Gasteiger charge is -2.20. The molecule has 1 aromatic heterocycles. The highest BCUT2D eigenvalue weighted by Crippen LogP contribution is 2.05. The van der Waals surface area contributed by atoms with E-state index in [1.165, 1.54) is 25.0 Å². The summed E-state index contributed by atoms with van der Waals surface area (Å²) in [5.41, 5.74) is 2.34. The molecule has 0 unspecified atom stereocenters. The molecular formula is C16H29N3. The smallest absolute Gasteiger partial charge is 0.0547 e. The predicted molar refractivity (Wildman–Crippen MR) is 82.1 cm³/mol. The van der Waals surface area contributed by atoms with Crippen molar-refractivity contribution in [3.05, 3.63) is 29.6 Å². The highest BCUT2D eigenvalue weighted by atomic mass is 15.1. The Bertz CT molecular complexity index is 333. The van der Waals surface area contributed by atoms with Gasteiger partial charge in [-0.15, -0.1) is 0 Å². The van der Waals surface area contributed by atoms with Gasteiger partial charge in [0.2, 0.25) is 0 Å². The molecular weight excluding hydrogens is 234 g/mol. The molecule has 0 saturated heterocycles. The highest BCUT2D eigenvalue weighted by Gasteiger charge is 2.05. The minimum Gasteiger partial charge on any atom is -0.311 e. The molecule has 1 aromatic rings. The van der Waals surface area contributed by atoms with Crippen LogP contribution in [0.2, 0.25) is 0 Å². The van der Waals surface area contributed by atoms with Crippen LogP contribution >= 0.6 is 0 Å². The van der Waals surface area contributed by atoms with Crippen molar-refractivity contribution in [3.8, 4) is 0 Å². The average Bonchev–Trinajstić information content (AvgIpc) is 2.40. The third-order valence-corrected chi connectivity index (χ3v) is 3.06. The van der Waals surface area contributed by atoms with Gasteiger partial charge in [0.15, 0.2) is 0 Å². The number of nitrogens with one attached hydrogen (secondary N) is 1. The first-order valence-electron chi connectivity index (χ1n) is 7.68. The first kappa shape index (κ1) is 16.1. The molecule has 0 bridgehead atoms. The predicted octanol–water partition coefficient (Wildman–Crippen LogP) is 3.20. The van der Waals surface area contributed by atoms with Crippen LogP contribution in [0.15, 0.2) is 18.2 Å². The monoisotopic (exact) mass is 263 g/mol. The Balaban J connectivity index is 2.54. The summed E-state index contributed by atoms with van der Waals surface area (Å²) >= 11 is 0. The molecule has 1 heterocycles.